The van der Waals surface area contributed by atoms with E-state index in [4.69, 9.17) is 5.73 Å². The van der Waals surface area contributed by atoms with Crippen LogP contribution in [0.2, 0.25) is 0 Å². The molecule has 4 heteroatoms. The Balaban J connectivity index is 2.03. The van der Waals surface area contributed by atoms with Gasteiger partial charge in [-0.3, -0.25) is 4.90 Å². The van der Waals surface area contributed by atoms with Crippen molar-refractivity contribution in [2.75, 3.05) is 6.54 Å². The van der Waals surface area contributed by atoms with E-state index in [0.717, 1.165) is 6.54 Å². The molecule has 2 N–H and O–H groups in total. The molecule has 1 fully saturated rings. The van der Waals surface area contributed by atoms with Gasteiger partial charge in [0.2, 0.25) is 0 Å². The molecule has 1 atom stereocenters. The minimum atomic E-state index is 0.428. The molecular formula is C14H25N3S. The Labute approximate surface area is 114 Å². The first-order valence-corrected chi connectivity index (χ1v) is 7.93. The number of aromatic nitrogens is 1. The molecule has 1 saturated carbocycles. The lowest BCUT2D eigenvalue weighted by molar-refractivity contribution is 0.112. The van der Waals surface area contributed by atoms with Gasteiger partial charge in [-0.25, -0.2) is 4.98 Å². The topological polar surface area (TPSA) is 42.1 Å². The van der Waals surface area contributed by atoms with Crippen LogP contribution >= 0.6 is 11.3 Å². The lowest BCUT2D eigenvalue weighted by Gasteiger charge is -2.38. The third-order valence-electron chi connectivity index (χ3n) is 4.14. The maximum Gasteiger partial charge on any atom is 0.0898 e. The van der Waals surface area contributed by atoms with E-state index >= 15 is 0 Å². The van der Waals surface area contributed by atoms with Gasteiger partial charge in [0.25, 0.3) is 0 Å². The number of nitrogens with zero attached hydrogens (tertiary/aromatic N) is 2. The molecular weight excluding hydrogens is 242 g/mol. The molecule has 1 aliphatic carbocycles. The number of nitrogens with two attached hydrogens (primary N) is 1. The lowest BCUT2D eigenvalue weighted by atomic mass is 9.90. The van der Waals surface area contributed by atoms with Gasteiger partial charge < -0.3 is 5.73 Å². The van der Waals surface area contributed by atoms with E-state index in [1.165, 1.54) is 36.4 Å². The fraction of sp³-hybridized carbons (Fsp3) is 0.786. The predicted octanol–water partition coefficient (Wildman–Crippen LogP) is 3.10. The maximum atomic E-state index is 6.00. The molecule has 0 bridgehead atoms. The summed E-state index contributed by atoms with van der Waals surface area (Å²) in [5, 5.41) is 3.37. The summed E-state index contributed by atoms with van der Waals surface area (Å²) in [6.07, 6.45) is 4.82. The Morgan fingerprint density at radius 1 is 1.44 bits per heavy atom. The third-order valence-corrected chi connectivity index (χ3v) is 4.93. The van der Waals surface area contributed by atoms with Crippen LogP contribution in [-0.4, -0.2) is 28.5 Å². The summed E-state index contributed by atoms with van der Waals surface area (Å²) in [5.74, 6) is 0. The van der Waals surface area contributed by atoms with Crippen LogP contribution in [-0.2, 0) is 0 Å². The molecule has 1 heterocycles. The first kappa shape index (κ1) is 14.0. The van der Waals surface area contributed by atoms with Crippen molar-refractivity contribution in [2.24, 2.45) is 5.73 Å². The third kappa shape index (κ3) is 3.11. The van der Waals surface area contributed by atoms with Gasteiger partial charge in [-0.1, -0.05) is 6.92 Å². The highest BCUT2D eigenvalue weighted by atomic mass is 32.1. The van der Waals surface area contributed by atoms with Crippen molar-refractivity contribution in [1.29, 1.82) is 0 Å². The Morgan fingerprint density at radius 3 is 2.61 bits per heavy atom. The van der Waals surface area contributed by atoms with E-state index in [0.29, 0.717) is 18.1 Å². The van der Waals surface area contributed by atoms with Crippen LogP contribution in [0, 0.1) is 6.92 Å². The first-order valence-electron chi connectivity index (χ1n) is 7.05. The maximum absolute atomic E-state index is 6.00. The summed E-state index contributed by atoms with van der Waals surface area (Å²) < 4.78 is 0. The van der Waals surface area contributed by atoms with Crippen LogP contribution in [0.1, 0.15) is 56.3 Å². The number of hydrogen-bond acceptors (Lipinski definition) is 4. The predicted molar refractivity (Wildman–Crippen MR) is 77.9 cm³/mol. The minimum Gasteiger partial charge on any atom is -0.328 e. The number of hydrogen-bond donors (Lipinski definition) is 1. The van der Waals surface area contributed by atoms with E-state index in [2.05, 4.69) is 36.0 Å². The van der Waals surface area contributed by atoms with Gasteiger partial charge in [-0.05, 0) is 46.1 Å². The minimum absolute atomic E-state index is 0.428. The van der Waals surface area contributed by atoms with Crippen LogP contribution in [0.3, 0.4) is 0 Å². The molecule has 1 unspecified atom stereocenters. The fourth-order valence-corrected chi connectivity index (χ4v) is 3.72. The van der Waals surface area contributed by atoms with Gasteiger partial charge in [0, 0.05) is 17.5 Å². The number of thiazole rings is 1. The van der Waals surface area contributed by atoms with Crippen molar-refractivity contribution in [2.45, 2.75) is 64.6 Å². The second-order valence-corrected chi connectivity index (χ2v) is 6.43. The van der Waals surface area contributed by atoms with Crippen LogP contribution in [0.25, 0.3) is 0 Å². The molecule has 0 aliphatic heterocycles. The molecule has 0 spiro atoms. The molecule has 1 aliphatic rings. The molecule has 0 aromatic carbocycles. The van der Waals surface area contributed by atoms with Crippen LogP contribution in [0.5, 0.6) is 0 Å². The number of aryl methyl sites for hydroxylation is 1. The highest BCUT2D eigenvalue weighted by Gasteiger charge is 2.27. The van der Waals surface area contributed by atoms with Gasteiger partial charge in [-0.15, -0.1) is 11.3 Å². The SMILES string of the molecule is CCN(C1CCC(N)CC1)C(C)c1csc(C)n1. The molecule has 1 aromatic heterocycles. The summed E-state index contributed by atoms with van der Waals surface area (Å²) in [5.41, 5.74) is 7.23. The smallest absolute Gasteiger partial charge is 0.0898 e. The Kier molecular flexibility index (Phi) is 4.76. The van der Waals surface area contributed by atoms with Crippen molar-refractivity contribution < 1.29 is 0 Å². The second-order valence-electron chi connectivity index (χ2n) is 5.37. The average molecular weight is 267 g/mol. The Morgan fingerprint density at radius 2 is 2.11 bits per heavy atom. The zero-order valence-corrected chi connectivity index (χ0v) is 12.5. The number of rotatable bonds is 4. The molecule has 1 aromatic rings. The average Bonchev–Trinajstić information content (AvgIpc) is 2.79. The van der Waals surface area contributed by atoms with E-state index in [1.807, 2.05) is 0 Å². The molecule has 18 heavy (non-hydrogen) atoms. The molecule has 3 nitrogen and oxygen atoms in total. The van der Waals surface area contributed by atoms with Crippen LogP contribution in [0.4, 0.5) is 0 Å². The quantitative estimate of drug-likeness (QED) is 0.911. The van der Waals surface area contributed by atoms with Crippen molar-refractivity contribution in [3.05, 3.63) is 16.1 Å². The van der Waals surface area contributed by atoms with Crippen molar-refractivity contribution in [3.8, 4) is 0 Å². The normalized spacial score (nSPS) is 26.5. The molecule has 102 valence electrons. The summed E-state index contributed by atoms with van der Waals surface area (Å²) in [6.45, 7) is 7.71. The lowest BCUT2D eigenvalue weighted by Crippen LogP contribution is -2.42. The van der Waals surface area contributed by atoms with E-state index in [1.54, 1.807) is 11.3 Å². The van der Waals surface area contributed by atoms with E-state index in [9.17, 15) is 0 Å². The highest BCUT2D eigenvalue weighted by Crippen LogP contribution is 2.29. The van der Waals surface area contributed by atoms with Crippen LogP contribution in [0.15, 0.2) is 5.38 Å². The van der Waals surface area contributed by atoms with Gasteiger partial charge in [-0.2, -0.15) is 0 Å². The molecule has 0 radical (unpaired) electrons. The van der Waals surface area contributed by atoms with E-state index in [-0.39, 0.29) is 0 Å². The second kappa shape index (κ2) is 6.13. The highest BCUT2D eigenvalue weighted by molar-refractivity contribution is 7.09. The zero-order valence-electron chi connectivity index (χ0n) is 11.7. The van der Waals surface area contributed by atoms with Crippen molar-refractivity contribution in [1.82, 2.24) is 9.88 Å². The van der Waals surface area contributed by atoms with Crippen LogP contribution < -0.4 is 5.73 Å². The van der Waals surface area contributed by atoms with Gasteiger partial charge in [0.1, 0.15) is 0 Å². The standard InChI is InChI=1S/C14H25N3S/c1-4-17(13-7-5-12(15)6-8-13)10(2)14-9-18-11(3)16-14/h9-10,12-13H,4-8,15H2,1-3H3. The Hall–Kier alpha value is -0.450. The summed E-state index contributed by atoms with van der Waals surface area (Å²) in [4.78, 5) is 7.24. The largest absolute Gasteiger partial charge is 0.328 e. The summed E-state index contributed by atoms with van der Waals surface area (Å²) >= 11 is 1.75. The van der Waals surface area contributed by atoms with Gasteiger partial charge in [0.05, 0.1) is 16.7 Å². The molecule has 0 amide bonds. The fourth-order valence-electron chi connectivity index (χ4n) is 3.02. The van der Waals surface area contributed by atoms with Gasteiger partial charge >= 0.3 is 0 Å². The molecule has 2 rings (SSSR count). The zero-order chi connectivity index (χ0) is 13.1. The molecule has 0 saturated heterocycles. The first-order chi connectivity index (χ1) is 8.61. The Bertz CT molecular complexity index is 369. The van der Waals surface area contributed by atoms with E-state index < -0.39 is 0 Å². The summed E-state index contributed by atoms with van der Waals surface area (Å²) in [6, 6.07) is 1.54. The summed E-state index contributed by atoms with van der Waals surface area (Å²) in [7, 11) is 0. The van der Waals surface area contributed by atoms with Gasteiger partial charge in [0.15, 0.2) is 0 Å². The van der Waals surface area contributed by atoms with Crippen molar-refractivity contribution >= 4 is 11.3 Å². The van der Waals surface area contributed by atoms with Crippen molar-refractivity contribution in [3.63, 3.8) is 0 Å². The monoisotopic (exact) mass is 267 g/mol.